The quantitative estimate of drug-likeness (QED) is 0.526. The maximum absolute atomic E-state index is 10.6. The standard InChI is InChI=1S/C7H13O2/c1-3-7(8)5-4-6-9-2/h2-6H2,1H3. The fraction of sp³-hybridized carbons (Fsp3) is 0.714. The third-order valence-electron chi connectivity index (χ3n) is 1.14. The van der Waals surface area contributed by atoms with Gasteiger partial charge in [-0.05, 0) is 6.42 Å². The predicted molar refractivity (Wildman–Crippen MR) is 35.8 cm³/mol. The largest absolute Gasteiger partial charge is 0.379 e. The van der Waals surface area contributed by atoms with Crippen LogP contribution in [0.1, 0.15) is 26.2 Å². The molecule has 0 aromatic heterocycles. The molecule has 0 bridgehead atoms. The van der Waals surface area contributed by atoms with Crippen LogP contribution in [0.3, 0.4) is 0 Å². The summed E-state index contributed by atoms with van der Waals surface area (Å²) in [5, 5.41) is 0. The third kappa shape index (κ3) is 5.50. The summed E-state index contributed by atoms with van der Waals surface area (Å²) in [6, 6.07) is 0. The van der Waals surface area contributed by atoms with Gasteiger partial charge in [0.25, 0.3) is 0 Å². The Hall–Kier alpha value is -0.370. The topological polar surface area (TPSA) is 26.3 Å². The monoisotopic (exact) mass is 129 g/mol. The first-order valence-corrected chi connectivity index (χ1v) is 3.20. The molecule has 0 aromatic rings. The maximum atomic E-state index is 10.6. The molecule has 0 heterocycles. The van der Waals surface area contributed by atoms with Crippen LogP contribution in [0.25, 0.3) is 0 Å². The molecular weight excluding hydrogens is 116 g/mol. The van der Waals surface area contributed by atoms with Gasteiger partial charge in [0, 0.05) is 19.4 Å². The van der Waals surface area contributed by atoms with Crippen molar-refractivity contribution in [3.05, 3.63) is 7.11 Å². The van der Waals surface area contributed by atoms with Crippen molar-refractivity contribution in [3.8, 4) is 0 Å². The number of ketones is 1. The lowest BCUT2D eigenvalue weighted by Gasteiger charge is -1.95. The molecule has 0 rings (SSSR count). The fourth-order valence-electron chi connectivity index (χ4n) is 0.548. The van der Waals surface area contributed by atoms with Crippen molar-refractivity contribution in [2.45, 2.75) is 26.2 Å². The SMILES string of the molecule is [CH2]OCCCC(=O)CC. The second-order valence-electron chi connectivity index (χ2n) is 1.90. The molecule has 0 atom stereocenters. The molecule has 0 aliphatic carbocycles. The minimum absolute atomic E-state index is 0.298. The summed E-state index contributed by atoms with van der Waals surface area (Å²) < 4.78 is 4.53. The molecular formula is C7H13O2. The van der Waals surface area contributed by atoms with Crippen LogP contribution >= 0.6 is 0 Å². The van der Waals surface area contributed by atoms with Crippen LogP contribution in [0, 0.1) is 7.11 Å². The van der Waals surface area contributed by atoms with E-state index in [4.69, 9.17) is 0 Å². The number of carbonyl (C=O) groups is 1. The van der Waals surface area contributed by atoms with E-state index in [1.54, 1.807) is 0 Å². The molecule has 0 aliphatic rings. The first-order valence-electron chi connectivity index (χ1n) is 3.20. The van der Waals surface area contributed by atoms with Crippen molar-refractivity contribution < 1.29 is 9.53 Å². The van der Waals surface area contributed by atoms with Crippen molar-refractivity contribution in [2.24, 2.45) is 0 Å². The Morgan fingerprint density at radius 3 is 2.78 bits per heavy atom. The molecule has 53 valence electrons. The molecule has 0 saturated heterocycles. The van der Waals surface area contributed by atoms with Crippen LogP contribution in [0.2, 0.25) is 0 Å². The molecule has 0 aromatic carbocycles. The Labute approximate surface area is 56.2 Å². The highest BCUT2D eigenvalue weighted by Gasteiger charge is 1.95. The van der Waals surface area contributed by atoms with Crippen molar-refractivity contribution in [3.63, 3.8) is 0 Å². The average molecular weight is 129 g/mol. The van der Waals surface area contributed by atoms with Gasteiger partial charge in [-0.15, -0.1) is 0 Å². The number of hydrogen-bond acceptors (Lipinski definition) is 2. The molecule has 9 heavy (non-hydrogen) atoms. The van der Waals surface area contributed by atoms with Crippen molar-refractivity contribution >= 4 is 5.78 Å². The van der Waals surface area contributed by atoms with E-state index in [2.05, 4.69) is 11.8 Å². The van der Waals surface area contributed by atoms with Gasteiger partial charge in [-0.25, -0.2) is 0 Å². The van der Waals surface area contributed by atoms with E-state index in [-0.39, 0.29) is 0 Å². The van der Waals surface area contributed by atoms with E-state index >= 15 is 0 Å². The van der Waals surface area contributed by atoms with Gasteiger partial charge in [-0.2, -0.15) is 0 Å². The molecule has 0 unspecified atom stereocenters. The highest BCUT2D eigenvalue weighted by molar-refractivity contribution is 5.77. The first-order chi connectivity index (χ1) is 4.31. The first kappa shape index (κ1) is 8.63. The lowest BCUT2D eigenvalue weighted by molar-refractivity contribution is -0.119. The van der Waals surface area contributed by atoms with Crippen molar-refractivity contribution in [2.75, 3.05) is 6.61 Å². The predicted octanol–water partition coefficient (Wildman–Crippen LogP) is 1.55. The van der Waals surface area contributed by atoms with Gasteiger partial charge < -0.3 is 4.74 Å². The van der Waals surface area contributed by atoms with Gasteiger partial charge in [-0.1, -0.05) is 6.92 Å². The van der Waals surface area contributed by atoms with Crippen LogP contribution in [-0.4, -0.2) is 12.4 Å². The average Bonchev–Trinajstić information content (AvgIpc) is 1.89. The van der Waals surface area contributed by atoms with E-state index in [0.29, 0.717) is 25.2 Å². The van der Waals surface area contributed by atoms with E-state index in [0.717, 1.165) is 6.42 Å². The van der Waals surface area contributed by atoms with Crippen LogP contribution in [0.15, 0.2) is 0 Å². The molecule has 0 spiro atoms. The number of ether oxygens (including phenoxy) is 1. The maximum Gasteiger partial charge on any atom is 0.132 e. The Kier molecular flexibility index (Phi) is 5.52. The smallest absolute Gasteiger partial charge is 0.132 e. The minimum atomic E-state index is 0.298. The van der Waals surface area contributed by atoms with Gasteiger partial charge in [0.15, 0.2) is 0 Å². The molecule has 0 aliphatic heterocycles. The Morgan fingerprint density at radius 1 is 1.67 bits per heavy atom. The van der Waals surface area contributed by atoms with Gasteiger partial charge in [-0.3, -0.25) is 4.79 Å². The molecule has 2 heteroatoms. The summed E-state index contributed by atoms with van der Waals surface area (Å²) >= 11 is 0. The van der Waals surface area contributed by atoms with Crippen LogP contribution < -0.4 is 0 Å². The highest BCUT2D eigenvalue weighted by Crippen LogP contribution is 1.93. The highest BCUT2D eigenvalue weighted by atomic mass is 16.5. The van der Waals surface area contributed by atoms with Crippen LogP contribution in [0.5, 0.6) is 0 Å². The summed E-state index contributed by atoms with van der Waals surface area (Å²) in [5.41, 5.74) is 0. The number of Topliss-reactive ketones (excluding diaryl/α,β-unsaturated/α-hetero) is 1. The molecule has 0 fully saturated rings. The molecule has 0 saturated carbocycles. The third-order valence-corrected chi connectivity index (χ3v) is 1.14. The Bertz CT molecular complexity index is 79.0. The number of carbonyl (C=O) groups excluding carboxylic acids is 1. The minimum Gasteiger partial charge on any atom is -0.379 e. The molecule has 0 N–H and O–H groups in total. The summed E-state index contributed by atoms with van der Waals surface area (Å²) in [7, 11) is 3.20. The van der Waals surface area contributed by atoms with Gasteiger partial charge in [0.1, 0.15) is 5.78 Å². The molecule has 0 amide bonds. The van der Waals surface area contributed by atoms with Gasteiger partial charge in [0.2, 0.25) is 0 Å². The molecule has 2 nitrogen and oxygen atoms in total. The van der Waals surface area contributed by atoms with Gasteiger partial charge >= 0.3 is 0 Å². The van der Waals surface area contributed by atoms with E-state index in [1.165, 1.54) is 0 Å². The fourth-order valence-corrected chi connectivity index (χ4v) is 0.548. The van der Waals surface area contributed by atoms with E-state index in [9.17, 15) is 4.79 Å². The Morgan fingerprint density at radius 2 is 2.33 bits per heavy atom. The summed E-state index contributed by atoms with van der Waals surface area (Å²) in [4.78, 5) is 10.6. The molecule has 1 radical (unpaired) electrons. The lowest BCUT2D eigenvalue weighted by Crippen LogP contribution is -1.97. The van der Waals surface area contributed by atoms with Crippen LogP contribution in [0.4, 0.5) is 0 Å². The van der Waals surface area contributed by atoms with E-state index < -0.39 is 0 Å². The Balaban J connectivity index is 2.97. The zero-order valence-electron chi connectivity index (χ0n) is 5.85. The summed E-state index contributed by atoms with van der Waals surface area (Å²) in [6.45, 7) is 2.46. The lowest BCUT2D eigenvalue weighted by atomic mass is 10.2. The van der Waals surface area contributed by atoms with Crippen LogP contribution in [-0.2, 0) is 9.53 Å². The number of rotatable bonds is 5. The van der Waals surface area contributed by atoms with E-state index in [1.807, 2.05) is 6.92 Å². The second-order valence-corrected chi connectivity index (χ2v) is 1.90. The number of hydrogen-bond donors (Lipinski definition) is 0. The van der Waals surface area contributed by atoms with Gasteiger partial charge in [0.05, 0.1) is 7.11 Å². The zero-order chi connectivity index (χ0) is 7.11. The second kappa shape index (κ2) is 5.76. The normalized spacial score (nSPS) is 9.56. The zero-order valence-corrected chi connectivity index (χ0v) is 5.85. The summed E-state index contributed by atoms with van der Waals surface area (Å²) in [6.07, 6.45) is 2.07. The summed E-state index contributed by atoms with van der Waals surface area (Å²) in [5.74, 6) is 0.298. The van der Waals surface area contributed by atoms with Crippen molar-refractivity contribution in [1.82, 2.24) is 0 Å². The van der Waals surface area contributed by atoms with Crippen molar-refractivity contribution in [1.29, 1.82) is 0 Å².